The monoisotopic (exact) mass is 367 g/mol. The normalized spacial score (nSPS) is 17.2. The number of rotatable bonds is 5. The quantitative estimate of drug-likeness (QED) is 0.883. The Bertz CT molecular complexity index is 845. The van der Waals surface area contributed by atoms with Gasteiger partial charge < -0.3 is 19.5 Å². The number of amides is 1. The fourth-order valence-corrected chi connectivity index (χ4v) is 4.06. The van der Waals surface area contributed by atoms with Crippen molar-refractivity contribution in [2.75, 3.05) is 31.2 Å². The molecule has 5 nitrogen and oxygen atoms in total. The molecule has 1 amide bonds. The van der Waals surface area contributed by atoms with E-state index in [0.717, 1.165) is 56.9 Å². The Hall–Kier alpha value is -2.27. The number of morpholine rings is 1. The van der Waals surface area contributed by atoms with Gasteiger partial charge >= 0.3 is 0 Å². The molecule has 0 radical (unpaired) electrons. The van der Waals surface area contributed by atoms with Crippen molar-refractivity contribution in [3.8, 4) is 0 Å². The molecule has 144 valence electrons. The van der Waals surface area contributed by atoms with E-state index in [2.05, 4.69) is 59.8 Å². The lowest BCUT2D eigenvalue weighted by molar-refractivity contribution is 0.0941. The summed E-state index contributed by atoms with van der Waals surface area (Å²) < 4.78 is 7.74. The molecule has 0 atom stereocenters. The minimum absolute atomic E-state index is 0.0613. The number of benzene rings is 1. The molecular formula is C22H29N3O2. The highest BCUT2D eigenvalue weighted by molar-refractivity contribution is 5.97. The van der Waals surface area contributed by atoms with Gasteiger partial charge in [-0.25, -0.2) is 0 Å². The van der Waals surface area contributed by atoms with Crippen molar-refractivity contribution >= 4 is 11.6 Å². The van der Waals surface area contributed by atoms with Gasteiger partial charge in [0.1, 0.15) is 5.69 Å². The second kappa shape index (κ2) is 7.39. The molecule has 1 saturated heterocycles. The summed E-state index contributed by atoms with van der Waals surface area (Å²) in [6.07, 6.45) is 2.19. The summed E-state index contributed by atoms with van der Waals surface area (Å²) >= 11 is 0. The van der Waals surface area contributed by atoms with Gasteiger partial charge in [-0.05, 0) is 44.7 Å². The predicted octanol–water partition coefficient (Wildman–Crippen LogP) is 3.19. The Morgan fingerprint density at radius 3 is 2.52 bits per heavy atom. The Balaban J connectivity index is 1.76. The number of hydrogen-bond acceptors (Lipinski definition) is 3. The van der Waals surface area contributed by atoms with Gasteiger partial charge in [0.15, 0.2) is 0 Å². The van der Waals surface area contributed by atoms with Crippen molar-refractivity contribution in [2.24, 2.45) is 0 Å². The van der Waals surface area contributed by atoms with Gasteiger partial charge in [-0.3, -0.25) is 4.79 Å². The number of aryl methyl sites for hydroxylation is 1. The zero-order chi connectivity index (χ0) is 19.0. The summed E-state index contributed by atoms with van der Waals surface area (Å²) in [6.45, 7) is 10.3. The zero-order valence-electron chi connectivity index (χ0n) is 16.5. The van der Waals surface area contributed by atoms with E-state index < -0.39 is 0 Å². The average molecular weight is 367 g/mol. The second-order valence-corrected chi connectivity index (χ2v) is 7.77. The molecule has 1 saturated carbocycles. The Morgan fingerprint density at radius 2 is 1.85 bits per heavy atom. The third-order valence-corrected chi connectivity index (χ3v) is 5.77. The molecule has 5 heteroatoms. The van der Waals surface area contributed by atoms with Crippen LogP contribution in [-0.2, 0) is 11.3 Å². The molecule has 2 aliphatic rings. The van der Waals surface area contributed by atoms with Gasteiger partial charge in [0.2, 0.25) is 0 Å². The maximum atomic E-state index is 13.1. The van der Waals surface area contributed by atoms with Gasteiger partial charge in [-0.1, -0.05) is 24.3 Å². The van der Waals surface area contributed by atoms with E-state index >= 15 is 0 Å². The molecule has 1 N–H and O–H groups in total. The third-order valence-electron chi connectivity index (χ3n) is 5.77. The Morgan fingerprint density at radius 1 is 1.15 bits per heavy atom. The van der Waals surface area contributed by atoms with Crippen LogP contribution in [0.5, 0.6) is 0 Å². The summed E-state index contributed by atoms with van der Waals surface area (Å²) in [7, 11) is 0. The highest BCUT2D eigenvalue weighted by atomic mass is 16.5. The SMILES string of the molecule is Cc1ccccc1Cn1c(C)c(N2CCOCC2)c(C)c1C(=O)NC1CC1. The predicted molar refractivity (Wildman–Crippen MR) is 108 cm³/mol. The topological polar surface area (TPSA) is 46.5 Å². The van der Waals surface area contributed by atoms with Crippen LogP contribution in [0.3, 0.4) is 0 Å². The van der Waals surface area contributed by atoms with E-state index in [4.69, 9.17) is 4.74 Å². The highest BCUT2D eigenvalue weighted by Crippen LogP contribution is 2.33. The van der Waals surface area contributed by atoms with E-state index in [1.807, 2.05) is 0 Å². The lowest BCUT2D eigenvalue weighted by Crippen LogP contribution is -2.36. The summed E-state index contributed by atoms with van der Waals surface area (Å²) in [4.78, 5) is 15.5. The average Bonchev–Trinajstić information content (AvgIpc) is 3.43. The van der Waals surface area contributed by atoms with Crippen LogP contribution in [0.2, 0.25) is 0 Å². The molecule has 27 heavy (non-hydrogen) atoms. The zero-order valence-corrected chi connectivity index (χ0v) is 16.5. The molecule has 4 rings (SSSR count). The molecule has 1 aromatic heterocycles. The van der Waals surface area contributed by atoms with E-state index in [9.17, 15) is 4.79 Å². The molecule has 2 heterocycles. The number of carbonyl (C=O) groups excluding carboxylic acids is 1. The summed E-state index contributed by atoms with van der Waals surface area (Å²) in [5.74, 6) is 0.0613. The molecule has 1 aliphatic heterocycles. The lowest BCUT2D eigenvalue weighted by Gasteiger charge is -2.29. The number of carbonyl (C=O) groups is 1. The third kappa shape index (κ3) is 3.61. The van der Waals surface area contributed by atoms with Crippen molar-refractivity contribution < 1.29 is 9.53 Å². The van der Waals surface area contributed by atoms with Gasteiger partial charge in [0.05, 0.1) is 18.9 Å². The number of aromatic nitrogens is 1. The standard InChI is InChI=1S/C22H29N3O2/c1-15-6-4-5-7-18(15)14-25-17(3)20(24-10-12-27-13-11-24)16(2)21(25)22(26)23-19-8-9-19/h4-7,19H,8-14H2,1-3H3,(H,23,26). The van der Waals surface area contributed by atoms with Crippen LogP contribution >= 0.6 is 0 Å². The van der Waals surface area contributed by atoms with Crippen LogP contribution in [-0.4, -0.2) is 42.8 Å². The molecule has 1 aliphatic carbocycles. The van der Waals surface area contributed by atoms with Crippen LogP contribution in [0.4, 0.5) is 5.69 Å². The van der Waals surface area contributed by atoms with Crippen molar-refractivity contribution in [1.29, 1.82) is 0 Å². The maximum absolute atomic E-state index is 13.1. The van der Waals surface area contributed by atoms with Gasteiger partial charge in [-0.15, -0.1) is 0 Å². The summed E-state index contributed by atoms with van der Waals surface area (Å²) in [5, 5.41) is 3.19. The van der Waals surface area contributed by atoms with Crippen molar-refractivity contribution in [2.45, 2.75) is 46.2 Å². The molecule has 2 fully saturated rings. The van der Waals surface area contributed by atoms with E-state index in [1.165, 1.54) is 22.5 Å². The highest BCUT2D eigenvalue weighted by Gasteiger charge is 2.30. The molecule has 0 bridgehead atoms. The number of nitrogens with one attached hydrogen (secondary N) is 1. The van der Waals surface area contributed by atoms with Crippen LogP contribution < -0.4 is 10.2 Å². The Kier molecular flexibility index (Phi) is 4.96. The first-order chi connectivity index (χ1) is 13.1. The maximum Gasteiger partial charge on any atom is 0.268 e. The van der Waals surface area contributed by atoms with Crippen molar-refractivity contribution in [3.05, 3.63) is 52.3 Å². The number of hydrogen-bond donors (Lipinski definition) is 1. The number of ether oxygens (including phenoxy) is 1. The molecule has 0 unspecified atom stereocenters. The fourth-order valence-electron chi connectivity index (χ4n) is 4.06. The first-order valence-corrected chi connectivity index (χ1v) is 9.94. The van der Waals surface area contributed by atoms with E-state index in [1.54, 1.807) is 0 Å². The van der Waals surface area contributed by atoms with Gasteiger partial charge in [-0.2, -0.15) is 0 Å². The van der Waals surface area contributed by atoms with Gasteiger partial charge in [0.25, 0.3) is 5.91 Å². The minimum atomic E-state index is 0.0613. The summed E-state index contributed by atoms with van der Waals surface area (Å²) in [6, 6.07) is 8.77. The van der Waals surface area contributed by atoms with Crippen LogP contribution in [0.1, 0.15) is 45.7 Å². The number of nitrogens with zero attached hydrogens (tertiary/aromatic N) is 2. The molecular weight excluding hydrogens is 338 g/mol. The Labute approximate surface area is 161 Å². The largest absolute Gasteiger partial charge is 0.378 e. The van der Waals surface area contributed by atoms with Crippen molar-refractivity contribution in [3.63, 3.8) is 0 Å². The number of anilines is 1. The molecule has 1 aromatic carbocycles. The van der Waals surface area contributed by atoms with Crippen LogP contribution in [0.25, 0.3) is 0 Å². The first kappa shape index (κ1) is 18.1. The van der Waals surface area contributed by atoms with Crippen molar-refractivity contribution in [1.82, 2.24) is 9.88 Å². The first-order valence-electron chi connectivity index (χ1n) is 9.94. The van der Waals surface area contributed by atoms with Gasteiger partial charge in [0, 0.05) is 36.9 Å². The fraction of sp³-hybridized carbons (Fsp3) is 0.500. The lowest BCUT2D eigenvalue weighted by atomic mass is 10.1. The van der Waals surface area contributed by atoms with Crippen LogP contribution in [0, 0.1) is 20.8 Å². The second-order valence-electron chi connectivity index (χ2n) is 7.77. The van der Waals surface area contributed by atoms with Crippen LogP contribution in [0.15, 0.2) is 24.3 Å². The van der Waals surface area contributed by atoms with E-state index in [0.29, 0.717) is 6.04 Å². The molecule has 2 aromatic rings. The minimum Gasteiger partial charge on any atom is -0.378 e. The summed E-state index contributed by atoms with van der Waals surface area (Å²) in [5.41, 5.74) is 6.77. The smallest absolute Gasteiger partial charge is 0.268 e. The molecule has 0 spiro atoms. The van der Waals surface area contributed by atoms with E-state index in [-0.39, 0.29) is 5.91 Å².